The molecule has 1 aromatic carbocycles. The van der Waals surface area contributed by atoms with Gasteiger partial charge >= 0.3 is 0 Å². The lowest BCUT2D eigenvalue weighted by atomic mass is 10.1. The Morgan fingerprint density at radius 1 is 1.50 bits per heavy atom. The summed E-state index contributed by atoms with van der Waals surface area (Å²) in [7, 11) is 4.12. The molecule has 1 aromatic rings. The fourth-order valence-corrected chi connectivity index (χ4v) is 2.86. The molecule has 0 saturated carbocycles. The molecule has 18 heavy (non-hydrogen) atoms. The zero-order valence-electron chi connectivity index (χ0n) is 11.4. The summed E-state index contributed by atoms with van der Waals surface area (Å²) in [6.45, 7) is 3.11. The highest BCUT2D eigenvalue weighted by molar-refractivity contribution is 7.98. The molecule has 0 fully saturated rings. The van der Waals surface area contributed by atoms with Crippen LogP contribution in [0.2, 0.25) is 0 Å². The predicted octanol–water partition coefficient (Wildman–Crippen LogP) is 2.40. The van der Waals surface area contributed by atoms with Gasteiger partial charge in [-0.05, 0) is 39.4 Å². The second-order valence-corrected chi connectivity index (χ2v) is 5.84. The summed E-state index contributed by atoms with van der Waals surface area (Å²) >= 11 is 6.82. The first-order chi connectivity index (χ1) is 8.45. The fraction of sp³-hybridized carbons (Fsp3) is 0.462. The maximum atomic E-state index is 5.84. The highest BCUT2D eigenvalue weighted by atomic mass is 32.2. The molecule has 0 radical (unpaired) electrons. The van der Waals surface area contributed by atoms with Crippen LogP contribution in [-0.4, -0.2) is 42.8 Å². The Morgan fingerprint density at radius 2 is 2.17 bits per heavy atom. The van der Waals surface area contributed by atoms with Crippen molar-refractivity contribution in [1.82, 2.24) is 4.90 Å². The van der Waals surface area contributed by atoms with Crippen molar-refractivity contribution < 1.29 is 0 Å². The minimum Gasteiger partial charge on any atom is -0.389 e. The van der Waals surface area contributed by atoms with E-state index in [2.05, 4.69) is 31.2 Å². The Bertz CT molecular complexity index is 419. The molecule has 0 aliphatic carbocycles. The van der Waals surface area contributed by atoms with Gasteiger partial charge < -0.3 is 16.0 Å². The smallest absolute Gasteiger partial charge is 0.107 e. The molecule has 0 aromatic heterocycles. The van der Waals surface area contributed by atoms with Crippen molar-refractivity contribution in [2.45, 2.75) is 17.9 Å². The SMILES string of the molecule is CSc1cccc(NC(C)CN(C)C)c1C(N)=S. The van der Waals surface area contributed by atoms with Gasteiger partial charge in [-0.3, -0.25) is 0 Å². The van der Waals surface area contributed by atoms with Crippen LogP contribution < -0.4 is 11.1 Å². The van der Waals surface area contributed by atoms with E-state index >= 15 is 0 Å². The zero-order valence-corrected chi connectivity index (χ0v) is 13.0. The molecule has 3 nitrogen and oxygen atoms in total. The van der Waals surface area contributed by atoms with Crippen LogP contribution >= 0.6 is 24.0 Å². The number of thioether (sulfide) groups is 1. The highest BCUT2D eigenvalue weighted by Crippen LogP contribution is 2.27. The van der Waals surface area contributed by atoms with Crippen molar-refractivity contribution in [3.63, 3.8) is 0 Å². The summed E-state index contributed by atoms with van der Waals surface area (Å²) in [6, 6.07) is 6.44. The Hall–Kier alpha value is -0.780. The van der Waals surface area contributed by atoms with Gasteiger partial charge in [0.25, 0.3) is 0 Å². The number of benzene rings is 1. The van der Waals surface area contributed by atoms with Crippen LogP contribution in [0.4, 0.5) is 5.69 Å². The molecule has 0 amide bonds. The second-order valence-electron chi connectivity index (χ2n) is 4.55. The number of hydrogen-bond acceptors (Lipinski definition) is 4. The van der Waals surface area contributed by atoms with Crippen molar-refractivity contribution >= 4 is 34.7 Å². The van der Waals surface area contributed by atoms with E-state index in [1.165, 1.54) is 0 Å². The minimum atomic E-state index is 0.338. The van der Waals surface area contributed by atoms with Crippen molar-refractivity contribution in [3.8, 4) is 0 Å². The van der Waals surface area contributed by atoms with Crippen LogP contribution in [0.3, 0.4) is 0 Å². The lowest BCUT2D eigenvalue weighted by Gasteiger charge is -2.22. The van der Waals surface area contributed by atoms with Crippen molar-refractivity contribution in [2.24, 2.45) is 5.73 Å². The summed E-state index contributed by atoms with van der Waals surface area (Å²) in [5, 5.41) is 3.48. The molecule has 5 heteroatoms. The van der Waals surface area contributed by atoms with Crippen molar-refractivity contribution in [2.75, 3.05) is 32.2 Å². The van der Waals surface area contributed by atoms with Crippen molar-refractivity contribution in [3.05, 3.63) is 23.8 Å². The molecule has 0 heterocycles. The van der Waals surface area contributed by atoms with Gasteiger partial charge in [0.2, 0.25) is 0 Å². The number of anilines is 1. The molecule has 0 spiro atoms. The van der Waals surface area contributed by atoms with Crippen LogP contribution in [0.25, 0.3) is 0 Å². The first-order valence-electron chi connectivity index (χ1n) is 5.83. The van der Waals surface area contributed by atoms with E-state index in [0.29, 0.717) is 11.0 Å². The van der Waals surface area contributed by atoms with E-state index in [1.807, 2.05) is 24.5 Å². The predicted molar refractivity (Wildman–Crippen MR) is 85.7 cm³/mol. The first-order valence-corrected chi connectivity index (χ1v) is 7.47. The third kappa shape index (κ3) is 4.15. The summed E-state index contributed by atoms with van der Waals surface area (Å²) in [6.07, 6.45) is 2.03. The second kappa shape index (κ2) is 6.97. The van der Waals surface area contributed by atoms with Crippen LogP contribution in [0.15, 0.2) is 23.1 Å². The number of nitrogens with two attached hydrogens (primary N) is 1. The maximum Gasteiger partial charge on any atom is 0.107 e. The summed E-state index contributed by atoms with van der Waals surface area (Å²) in [4.78, 5) is 3.71. The average Bonchev–Trinajstić information content (AvgIpc) is 2.26. The topological polar surface area (TPSA) is 41.3 Å². The summed E-state index contributed by atoms with van der Waals surface area (Å²) in [5.41, 5.74) is 7.80. The number of thiocarbonyl (C=S) groups is 1. The molecule has 0 saturated heterocycles. The van der Waals surface area contributed by atoms with E-state index < -0.39 is 0 Å². The Morgan fingerprint density at radius 3 is 2.67 bits per heavy atom. The summed E-state index contributed by atoms with van der Waals surface area (Å²) < 4.78 is 0. The van der Waals surface area contributed by atoms with Crippen LogP contribution in [0, 0.1) is 0 Å². The van der Waals surface area contributed by atoms with E-state index in [9.17, 15) is 0 Å². The Balaban J connectivity index is 2.98. The maximum absolute atomic E-state index is 5.84. The fourth-order valence-electron chi connectivity index (χ4n) is 1.93. The van der Waals surface area contributed by atoms with Gasteiger partial charge in [0.05, 0.1) is 0 Å². The Labute approximate surface area is 119 Å². The van der Waals surface area contributed by atoms with E-state index in [1.54, 1.807) is 11.8 Å². The first kappa shape index (κ1) is 15.3. The number of rotatable bonds is 6. The third-order valence-corrected chi connectivity index (χ3v) is 3.52. The molecule has 0 bridgehead atoms. The normalized spacial score (nSPS) is 12.5. The van der Waals surface area contributed by atoms with E-state index in [0.717, 1.165) is 22.7 Å². The molecular weight excluding hydrogens is 262 g/mol. The molecule has 1 unspecified atom stereocenters. The van der Waals surface area contributed by atoms with Crippen molar-refractivity contribution in [1.29, 1.82) is 0 Å². The van der Waals surface area contributed by atoms with E-state index in [4.69, 9.17) is 18.0 Å². The third-order valence-electron chi connectivity index (χ3n) is 2.53. The monoisotopic (exact) mass is 283 g/mol. The van der Waals surface area contributed by atoms with Gasteiger partial charge in [0, 0.05) is 28.7 Å². The number of nitrogens with zero attached hydrogens (tertiary/aromatic N) is 1. The van der Waals surface area contributed by atoms with Crippen LogP contribution in [-0.2, 0) is 0 Å². The molecule has 0 aliphatic rings. The lowest BCUT2D eigenvalue weighted by molar-refractivity contribution is 0.392. The highest BCUT2D eigenvalue weighted by Gasteiger charge is 2.12. The Kier molecular flexibility index (Phi) is 5.91. The average molecular weight is 283 g/mol. The largest absolute Gasteiger partial charge is 0.389 e. The van der Waals surface area contributed by atoms with Gasteiger partial charge in [-0.25, -0.2) is 0 Å². The molecular formula is C13H21N3S2. The van der Waals surface area contributed by atoms with Gasteiger partial charge in [0.15, 0.2) is 0 Å². The summed E-state index contributed by atoms with van der Waals surface area (Å²) in [5.74, 6) is 0. The number of likely N-dealkylation sites (N-methyl/N-ethyl adjacent to an activating group) is 1. The molecule has 1 atom stereocenters. The quantitative estimate of drug-likeness (QED) is 0.620. The standard InChI is InChI=1S/C13H21N3S2/c1-9(8-16(2)3)15-10-6-5-7-11(18-4)12(10)13(14)17/h5-7,9,15H,8H2,1-4H3,(H2,14,17). The van der Waals surface area contributed by atoms with Gasteiger partial charge in [0.1, 0.15) is 4.99 Å². The van der Waals surface area contributed by atoms with Gasteiger partial charge in [-0.15, -0.1) is 11.8 Å². The lowest BCUT2D eigenvalue weighted by Crippen LogP contribution is -2.30. The van der Waals surface area contributed by atoms with E-state index in [-0.39, 0.29) is 0 Å². The van der Waals surface area contributed by atoms with Gasteiger partial charge in [-0.1, -0.05) is 18.3 Å². The molecule has 0 aliphatic heterocycles. The zero-order chi connectivity index (χ0) is 13.7. The van der Waals surface area contributed by atoms with Crippen LogP contribution in [0.5, 0.6) is 0 Å². The number of nitrogens with one attached hydrogen (secondary N) is 1. The number of hydrogen-bond donors (Lipinski definition) is 2. The minimum absolute atomic E-state index is 0.338. The van der Waals surface area contributed by atoms with Crippen LogP contribution in [0.1, 0.15) is 12.5 Å². The molecule has 3 N–H and O–H groups in total. The van der Waals surface area contributed by atoms with Gasteiger partial charge in [-0.2, -0.15) is 0 Å². The molecule has 1 rings (SSSR count). The molecule has 100 valence electrons.